The van der Waals surface area contributed by atoms with Gasteiger partial charge in [0.15, 0.2) is 0 Å². The molecule has 1 aromatic carbocycles. The second-order valence-electron chi connectivity index (χ2n) is 4.77. The maximum absolute atomic E-state index is 12.1. The fraction of sp³-hybridized carbons (Fsp3) is 0.286. The lowest BCUT2D eigenvalue weighted by Gasteiger charge is -2.13. The van der Waals surface area contributed by atoms with Crippen LogP contribution < -0.4 is 16.0 Å². The molecule has 0 spiro atoms. The zero-order chi connectivity index (χ0) is 18.5. The van der Waals surface area contributed by atoms with Gasteiger partial charge in [-0.3, -0.25) is 19.2 Å². The molecule has 0 unspecified atom stereocenters. The first-order chi connectivity index (χ1) is 11.0. The van der Waals surface area contributed by atoms with Crippen LogP contribution in [0.5, 0.6) is 0 Å². The molecule has 0 aromatic heterocycles. The molecule has 0 aliphatic rings. The van der Waals surface area contributed by atoms with Crippen LogP contribution in [-0.2, 0) is 19.2 Å². The molecule has 7 nitrogen and oxygen atoms in total. The molecule has 0 heterocycles. The Labute approximate surface area is 134 Å². The number of hydrogen-bond acceptors (Lipinski definition) is 4. The Kier molecular flexibility index (Phi) is 6.04. The Balaban J connectivity index is 2.92. The number of ketones is 1. The number of carbonyl (C=O) groups is 4. The monoisotopic (exact) mass is 345 g/mol. The third-order valence-electron chi connectivity index (χ3n) is 2.56. The van der Waals surface area contributed by atoms with E-state index >= 15 is 0 Å². The van der Waals surface area contributed by atoms with Crippen LogP contribution in [0.4, 0.5) is 30.2 Å². The van der Waals surface area contributed by atoms with Gasteiger partial charge in [-0.25, -0.2) is 0 Å². The molecular weight excluding hydrogens is 331 g/mol. The Bertz CT molecular complexity index is 686. The highest BCUT2D eigenvalue weighted by Crippen LogP contribution is 2.26. The maximum atomic E-state index is 12.1. The van der Waals surface area contributed by atoms with Crippen molar-refractivity contribution in [3.8, 4) is 0 Å². The molecule has 130 valence electrons. The number of alkyl halides is 3. The van der Waals surface area contributed by atoms with Crippen LogP contribution in [0.25, 0.3) is 0 Å². The van der Waals surface area contributed by atoms with Gasteiger partial charge in [0, 0.05) is 19.5 Å². The molecule has 0 saturated carbocycles. The van der Waals surface area contributed by atoms with E-state index in [0.29, 0.717) is 0 Å². The number of rotatable bonds is 5. The quantitative estimate of drug-likeness (QED) is 0.711. The van der Waals surface area contributed by atoms with Gasteiger partial charge in [-0.1, -0.05) is 0 Å². The first kappa shape index (κ1) is 19.1. The van der Waals surface area contributed by atoms with E-state index in [1.807, 2.05) is 0 Å². The Hall–Kier alpha value is -2.91. The van der Waals surface area contributed by atoms with Crippen molar-refractivity contribution in [2.24, 2.45) is 0 Å². The summed E-state index contributed by atoms with van der Waals surface area (Å²) >= 11 is 0. The lowest BCUT2D eigenvalue weighted by molar-refractivity contribution is -0.171. The Morgan fingerprint density at radius 3 is 1.96 bits per heavy atom. The number of carbonyl (C=O) groups excluding carboxylic acids is 4. The molecule has 0 aliphatic carbocycles. The molecular formula is C14H14F3N3O4. The molecule has 0 bridgehead atoms. The van der Waals surface area contributed by atoms with Crippen LogP contribution in [0.2, 0.25) is 0 Å². The van der Waals surface area contributed by atoms with E-state index in [9.17, 15) is 32.3 Å². The van der Waals surface area contributed by atoms with Gasteiger partial charge in [-0.15, -0.1) is 0 Å². The molecule has 1 rings (SSSR count). The molecule has 0 atom stereocenters. The fourth-order valence-electron chi connectivity index (χ4n) is 1.66. The largest absolute Gasteiger partial charge is 0.450 e. The van der Waals surface area contributed by atoms with Crippen LogP contribution in [0.15, 0.2) is 18.2 Å². The highest BCUT2D eigenvalue weighted by Gasteiger charge is 2.39. The summed E-state index contributed by atoms with van der Waals surface area (Å²) in [6, 6.07) is 3.88. The zero-order valence-electron chi connectivity index (χ0n) is 12.7. The number of benzene rings is 1. The Morgan fingerprint density at radius 2 is 1.46 bits per heavy atom. The molecule has 3 amide bonds. The molecule has 0 aliphatic heterocycles. The summed E-state index contributed by atoms with van der Waals surface area (Å²) in [6.45, 7) is 2.46. The molecule has 0 fully saturated rings. The lowest BCUT2D eigenvalue weighted by atomic mass is 10.2. The van der Waals surface area contributed by atoms with Crippen molar-refractivity contribution in [2.45, 2.75) is 26.4 Å². The first-order valence-electron chi connectivity index (χ1n) is 6.58. The number of nitrogens with one attached hydrogen (secondary N) is 3. The predicted molar refractivity (Wildman–Crippen MR) is 79.4 cm³/mol. The lowest BCUT2D eigenvalue weighted by Crippen LogP contribution is -2.27. The summed E-state index contributed by atoms with van der Waals surface area (Å²) in [5, 5.41) is 6.96. The van der Waals surface area contributed by atoms with Gasteiger partial charge < -0.3 is 16.0 Å². The molecule has 0 saturated heterocycles. The van der Waals surface area contributed by atoms with Crippen molar-refractivity contribution in [3.05, 3.63) is 18.2 Å². The minimum Gasteiger partial charge on any atom is -0.326 e. The summed E-state index contributed by atoms with van der Waals surface area (Å²) in [5.74, 6) is -4.19. The molecule has 1 aromatic rings. The van der Waals surface area contributed by atoms with E-state index in [1.165, 1.54) is 32.0 Å². The standard InChI is InChI=1S/C14H14F3N3O4/c1-7(21)18-10-4-3-9(5-11(10)19-8(2)22)20-13(24)6-12(23)14(15,16)17/h3-5H,6H2,1-2H3,(H,18,21)(H,19,22)(H,20,24). The van der Waals surface area contributed by atoms with E-state index in [-0.39, 0.29) is 17.1 Å². The van der Waals surface area contributed by atoms with Gasteiger partial charge in [0.1, 0.15) is 0 Å². The van der Waals surface area contributed by atoms with Crippen molar-refractivity contribution in [1.82, 2.24) is 0 Å². The second-order valence-corrected chi connectivity index (χ2v) is 4.77. The number of halogens is 3. The van der Waals surface area contributed by atoms with Crippen LogP contribution in [0.3, 0.4) is 0 Å². The average molecular weight is 345 g/mol. The molecule has 0 radical (unpaired) electrons. The van der Waals surface area contributed by atoms with Crippen molar-refractivity contribution in [2.75, 3.05) is 16.0 Å². The Morgan fingerprint density at radius 1 is 0.917 bits per heavy atom. The summed E-state index contributed by atoms with van der Waals surface area (Å²) in [4.78, 5) is 44.5. The van der Waals surface area contributed by atoms with E-state index in [0.717, 1.165) is 0 Å². The number of Topliss-reactive ketones (excluding diaryl/α,β-unsaturated/α-hetero) is 1. The third-order valence-corrected chi connectivity index (χ3v) is 2.56. The van der Waals surface area contributed by atoms with E-state index in [1.54, 1.807) is 0 Å². The first-order valence-corrected chi connectivity index (χ1v) is 6.58. The predicted octanol–water partition coefficient (Wildman–Crippen LogP) is 2.06. The van der Waals surface area contributed by atoms with Gasteiger partial charge in [-0.2, -0.15) is 13.2 Å². The van der Waals surface area contributed by atoms with E-state index in [2.05, 4.69) is 16.0 Å². The van der Waals surface area contributed by atoms with Crippen LogP contribution in [0, 0.1) is 0 Å². The van der Waals surface area contributed by atoms with Gasteiger partial charge in [-0.05, 0) is 18.2 Å². The van der Waals surface area contributed by atoms with Gasteiger partial charge >= 0.3 is 6.18 Å². The van der Waals surface area contributed by atoms with Crippen molar-refractivity contribution in [3.63, 3.8) is 0 Å². The average Bonchev–Trinajstić information content (AvgIpc) is 2.39. The van der Waals surface area contributed by atoms with Crippen LogP contribution in [0.1, 0.15) is 20.3 Å². The van der Waals surface area contributed by atoms with E-state index in [4.69, 9.17) is 0 Å². The molecule has 24 heavy (non-hydrogen) atoms. The fourth-order valence-corrected chi connectivity index (χ4v) is 1.66. The number of hydrogen-bond donors (Lipinski definition) is 3. The smallest absolute Gasteiger partial charge is 0.326 e. The summed E-state index contributed by atoms with van der Waals surface area (Å²) < 4.78 is 36.3. The van der Waals surface area contributed by atoms with Crippen molar-refractivity contribution < 1.29 is 32.3 Å². The number of amides is 3. The minimum atomic E-state index is -5.09. The maximum Gasteiger partial charge on any atom is 0.450 e. The van der Waals surface area contributed by atoms with Gasteiger partial charge in [0.2, 0.25) is 23.5 Å². The summed E-state index contributed by atoms with van der Waals surface area (Å²) in [5.41, 5.74) is 0.424. The van der Waals surface area contributed by atoms with Gasteiger partial charge in [0.25, 0.3) is 0 Å². The van der Waals surface area contributed by atoms with Crippen LogP contribution in [-0.4, -0.2) is 29.7 Å². The highest BCUT2D eigenvalue weighted by molar-refractivity contribution is 6.07. The number of anilines is 3. The van der Waals surface area contributed by atoms with Crippen LogP contribution >= 0.6 is 0 Å². The molecule has 3 N–H and O–H groups in total. The minimum absolute atomic E-state index is 0.0489. The summed E-state index contributed by atoms with van der Waals surface area (Å²) in [6.07, 6.45) is -6.44. The summed E-state index contributed by atoms with van der Waals surface area (Å²) in [7, 11) is 0. The normalized spacial score (nSPS) is 10.7. The van der Waals surface area contributed by atoms with Gasteiger partial charge in [0.05, 0.1) is 17.8 Å². The molecule has 10 heteroatoms. The zero-order valence-corrected chi connectivity index (χ0v) is 12.7. The third kappa shape index (κ3) is 6.07. The second kappa shape index (κ2) is 7.57. The SMILES string of the molecule is CC(=O)Nc1ccc(NC(=O)CC(=O)C(F)(F)F)cc1NC(C)=O. The highest BCUT2D eigenvalue weighted by atomic mass is 19.4. The van der Waals surface area contributed by atoms with Crippen molar-refractivity contribution in [1.29, 1.82) is 0 Å². The van der Waals surface area contributed by atoms with Crippen molar-refractivity contribution >= 4 is 40.6 Å². The topological polar surface area (TPSA) is 104 Å². The van der Waals surface area contributed by atoms with E-state index < -0.39 is 36.1 Å².